The van der Waals surface area contributed by atoms with Crippen LogP contribution in [0.2, 0.25) is 0 Å². The van der Waals surface area contributed by atoms with Gasteiger partial charge in [0.25, 0.3) is 0 Å². The zero-order valence-electron chi connectivity index (χ0n) is 10.6. The molecule has 0 bridgehead atoms. The third-order valence-corrected chi connectivity index (χ3v) is 3.46. The molecule has 0 unspecified atom stereocenters. The summed E-state index contributed by atoms with van der Waals surface area (Å²) in [6.45, 7) is 6.48. The van der Waals surface area contributed by atoms with E-state index in [-0.39, 0.29) is 0 Å². The Morgan fingerprint density at radius 2 is 1.94 bits per heavy atom. The minimum Gasteiger partial charge on any atom is -0.369 e. The van der Waals surface area contributed by atoms with Crippen LogP contribution in [0, 0.1) is 11.3 Å². The van der Waals surface area contributed by atoms with Crippen LogP contribution >= 0.6 is 0 Å². The van der Waals surface area contributed by atoms with Gasteiger partial charge in [-0.05, 0) is 37.2 Å². The molecular weight excluding hydrogens is 210 g/mol. The first-order valence-electron chi connectivity index (χ1n) is 6.21. The third-order valence-electron chi connectivity index (χ3n) is 3.46. The molecule has 1 aromatic rings. The lowest BCUT2D eigenvalue weighted by molar-refractivity contribution is 0.313. The topological polar surface area (TPSA) is 30.3 Å². The average Bonchev–Trinajstić information content (AvgIpc) is 2.39. The van der Waals surface area contributed by atoms with Gasteiger partial charge in [-0.25, -0.2) is 0 Å². The molecule has 1 aliphatic rings. The van der Waals surface area contributed by atoms with Crippen LogP contribution in [0.25, 0.3) is 0 Å². The van der Waals surface area contributed by atoms with E-state index in [0.29, 0.717) is 0 Å². The van der Waals surface area contributed by atoms with Crippen LogP contribution in [-0.4, -0.2) is 38.1 Å². The number of nitriles is 1. The van der Waals surface area contributed by atoms with E-state index in [4.69, 9.17) is 5.26 Å². The predicted molar refractivity (Wildman–Crippen MR) is 70.2 cm³/mol. The summed E-state index contributed by atoms with van der Waals surface area (Å²) in [6, 6.07) is 8.45. The van der Waals surface area contributed by atoms with Crippen molar-refractivity contribution in [1.29, 1.82) is 5.26 Å². The number of aryl methyl sites for hydroxylation is 1. The average molecular weight is 229 g/mol. The Balaban J connectivity index is 2.19. The van der Waals surface area contributed by atoms with E-state index in [0.717, 1.165) is 43.7 Å². The molecule has 0 spiro atoms. The normalized spacial score (nSPS) is 16.9. The monoisotopic (exact) mass is 229 g/mol. The largest absolute Gasteiger partial charge is 0.369 e. The van der Waals surface area contributed by atoms with Crippen molar-refractivity contribution >= 4 is 5.69 Å². The molecule has 90 valence electrons. The van der Waals surface area contributed by atoms with Gasteiger partial charge in [0, 0.05) is 31.9 Å². The lowest BCUT2D eigenvalue weighted by Crippen LogP contribution is -2.44. The van der Waals surface area contributed by atoms with Gasteiger partial charge in [-0.1, -0.05) is 6.92 Å². The summed E-state index contributed by atoms with van der Waals surface area (Å²) in [5.74, 6) is 0. The van der Waals surface area contributed by atoms with Crippen LogP contribution in [-0.2, 0) is 6.42 Å². The molecule has 0 amide bonds. The van der Waals surface area contributed by atoms with Crippen molar-refractivity contribution in [3.63, 3.8) is 0 Å². The summed E-state index contributed by atoms with van der Waals surface area (Å²) in [4.78, 5) is 4.75. The highest BCUT2D eigenvalue weighted by molar-refractivity contribution is 5.54. The van der Waals surface area contributed by atoms with Gasteiger partial charge in [-0.15, -0.1) is 0 Å². The molecule has 0 atom stereocenters. The molecule has 1 aromatic carbocycles. The summed E-state index contributed by atoms with van der Waals surface area (Å²) < 4.78 is 0. The summed E-state index contributed by atoms with van der Waals surface area (Å²) in [5.41, 5.74) is 3.23. The smallest absolute Gasteiger partial charge is 0.0994 e. The van der Waals surface area contributed by atoms with Crippen molar-refractivity contribution in [3.05, 3.63) is 29.3 Å². The van der Waals surface area contributed by atoms with Gasteiger partial charge in [0.15, 0.2) is 0 Å². The maximum Gasteiger partial charge on any atom is 0.0994 e. The van der Waals surface area contributed by atoms with Crippen molar-refractivity contribution in [2.24, 2.45) is 0 Å². The highest BCUT2D eigenvalue weighted by Gasteiger charge is 2.15. The Hall–Kier alpha value is -1.53. The molecule has 0 N–H and O–H groups in total. The van der Waals surface area contributed by atoms with Crippen LogP contribution in [0.4, 0.5) is 5.69 Å². The molecule has 1 fully saturated rings. The van der Waals surface area contributed by atoms with Crippen LogP contribution in [0.15, 0.2) is 18.2 Å². The van der Waals surface area contributed by atoms with Crippen LogP contribution in [0.5, 0.6) is 0 Å². The molecule has 3 heteroatoms. The summed E-state index contributed by atoms with van der Waals surface area (Å²) in [5, 5.41) is 9.02. The van der Waals surface area contributed by atoms with Gasteiger partial charge in [0.1, 0.15) is 0 Å². The molecule has 0 aliphatic carbocycles. The Bertz CT molecular complexity index is 426. The molecule has 17 heavy (non-hydrogen) atoms. The fourth-order valence-corrected chi connectivity index (χ4v) is 2.24. The van der Waals surface area contributed by atoms with E-state index < -0.39 is 0 Å². The summed E-state index contributed by atoms with van der Waals surface area (Å²) >= 11 is 0. The second-order valence-corrected chi connectivity index (χ2v) is 4.60. The van der Waals surface area contributed by atoms with Gasteiger partial charge in [-0.3, -0.25) is 0 Å². The first-order valence-corrected chi connectivity index (χ1v) is 6.21. The second kappa shape index (κ2) is 5.20. The standard InChI is InChI=1S/C14H19N3/c1-3-12-10-14(5-4-13(12)11-15)17-8-6-16(2)7-9-17/h4-5,10H,3,6-9H2,1-2H3. The lowest BCUT2D eigenvalue weighted by atomic mass is 10.0. The molecule has 1 aliphatic heterocycles. The molecule has 1 heterocycles. The van der Waals surface area contributed by atoms with E-state index in [1.165, 1.54) is 5.69 Å². The number of benzene rings is 1. The van der Waals surface area contributed by atoms with Gasteiger partial charge in [-0.2, -0.15) is 5.26 Å². The number of rotatable bonds is 2. The van der Waals surface area contributed by atoms with Gasteiger partial charge in [0.2, 0.25) is 0 Å². The fourth-order valence-electron chi connectivity index (χ4n) is 2.24. The van der Waals surface area contributed by atoms with Crippen LogP contribution in [0.3, 0.4) is 0 Å². The van der Waals surface area contributed by atoms with Crippen LogP contribution in [0.1, 0.15) is 18.1 Å². The van der Waals surface area contributed by atoms with Crippen molar-refractivity contribution < 1.29 is 0 Å². The zero-order chi connectivity index (χ0) is 12.3. The lowest BCUT2D eigenvalue weighted by Gasteiger charge is -2.34. The molecule has 2 rings (SSSR count). The Labute approximate surface area is 103 Å². The van der Waals surface area contributed by atoms with E-state index in [1.54, 1.807) is 0 Å². The number of hydrogen-bond donors (Lipinski definition) is 0. The highest BCUT2D eigenvalue weighted by atomic mass is 15.2. The van der Waals surface area contributed by atoms with Gasteiger partial charge < -0.3 is 9.80 Å². The molecular formula is C14H19N3. The molecule has 1 saturated heterocycles. The van der Waals surface area contributed by atoms with E-state index in [9.17, 15) is 0 Å². The van der Waals surface area contributed by atoms with Crippen LogP contribution < -0.4 is 4.90 Å². The Morgan fingerprint density at radius 3 is 2.53 bits per heavy atom. The first-order chi connectivity index (χ1) is 8.24. The van der Waals surface area contributed by atoms with E-state index >= 15 is 0 Å². The SMILES string of the molecule is CCc1cc(N2CCN(C)CC2)ccc1C#N. The molecule has 0 radical (unpaired) electrons. The van der Waals surface area contributed by atoms with E-state index in [1.807, 2.05) is 6.07 Å². The van der Waals surface area contributed by atoms with E-state index in [2.05, 4.69) is 42.0 Å². The maximum absolute atomic E-state index is 9.02. The second-order valence-electron chi connectivity index (χ2n) is 4.60. The van der Waals surface area contributed by atoms with Crippen molar-refractivity contribution in [3.8, 4) is 6.07 Å². The van der Waals surface area contributed by atoms with Crippen molar-refractivity contribution in [1.82, 2.24) is 4.90 Å². The van der Waals surface area contributed by atoms with Gasteiger partial charge >= 0.3 is 0 Å². The number of piperazine rings is 1. The predicted octanol–water partition coefficient (Wildman–Crippen LogP) is 1.87. The number of likely N-dealkylation sites (N-methyl/N-ethyl adjacent to an activating group) is 1. The van der Waals surface area contributed by atoms with Crippen molar-refractivity contribution in [2.45, 2.75) is 13.3 Å². The van der Waals surface area contributed by atoms with Gasteiger partial charge in [0.05, 0.1) is 11.6 Å². The number of anilines is 1. The highest BCUT2D eigenvalue weighted by Crippen LogP contribution is 2.21. The minimum atomic E-state index is 0.811. The number of hydrogen-bond acceptors (Lipinski definition) is 3. The third kappa shape index (κ3) is 2.59. The molecule has 0 saturated carbocycles. The molecule has 3 nitrogen and oxygen atoms in total. The summed E-state index contributed by atoms with van der Waals surface area (Å²) in [6.07, 6.45) is 0.921. The zero-order valence-corrected chi connectivity index (χ0v) is 10.6. The Kier molecular flexibility index (Phi) is 3.65. The quantitative estimate of drug-likeness (QED) is 0.775. The Morgan fingerprint density at radius 1 is 1.24 bits per heavy atom. The molecule has 0 aromatic heterocycles. The number of nitrogens with zero attached hydrogens (tertiary/aromatic N) is 3. The minimum absolute atomic E-state index is 0.811. The van der Waals surface area contributed by atoms with Crippen molar-refractivity contribution in [2.75, 3.05) is 38.1 Å². The fraction of sp³-hybridized carbons (Fsp3) is 0.500. The first kappa shape index (κ1) is 11.9. The summed E-state index contributed by atoms with van der Waals surface area (Å²) in [7, 11) is 2.16. The maximum atomic E-state index is 9.02.